The van der Waals surface area contributed by atoms with Crippen LogP contribution < -0.4 is 5.32 Å². The number of anilines is 2. The summed E-state index contributed by atoms with van der Waals surface area (Å²) in [6, 6.07) is 7.44. The van der Waals surface area contributed by atoms with E-state index in [2.05, 4.69) is 10.3 Å². The fraction of sp³-hybridized carbons (Fsp3) is 0.333. The lowest BCUT2D eigenvalue weighted by molar-refractivity contribution is -0.148. The molecule has 1 aromatic carbocycles. The molecule has 1 heterocycles. The van der Waals surface area contributed by atoms with Crippen LogP contribution in [0.25, 0.3) is 0 Å². The molecule has 1 N–H and O–H groups in total. The summed E-state index contributed by atoms with van der Waals surface area (Å²) in [5.74, 6) is -0.278. The minimum atomic E-state index is -0.771. The molecular formula is C15H17ClN2O2S. The fourth-order valence-corrected chi connectivity index (χ4v) is 2.79. The molecule has 1 aromatic heterocycles. The van der Waals surface area contributed by atoms with Gasteiger partial charge in [0, 0.05) is 5.38 Å². The van der Waals surface area contributed by atoms with Crippen molar-refractivity contribution in [3.8, 4) is 0 Å². The van der Waals surface area contributed by atoms with Crippen LogP contribution in [0.2, 0.25) is 5.02 Å². The first-order valence-corrected chi connectivity index (χ1v) is 7.85. The Morgan fingerprint density at radius 3 is 2.81 bits per heavy atom. The van der Waals surface area contributed by atoms with Crippen molar-refractivity contribution in [1.82, 2.24) is 4.98 Å². The molecule has 2 rings (SSSR count). The van der Waals surface area contributed by atoms with Crippen LogP contribution in [0.3, 0.4) is 0 Å². The van der Waals surface area contributed by atoms with Gasteiger partial charge >= 0.3 is 5.97 Å². The van der Waals surface area contributed by atoms with Crippen molar-refractivity contribution in [3.05, 3.63) is 40.4 Å². The van der Waals surface area contributed by atoms with Gasteiger partial charge < -0.3 is 10.1 Å². The molecule has 0 atom stereocenters. The maximum Gasteiger partial charge on any atom is 0.317 e. The number of hydrogen-bond donors (Lipinski definition) is 1. The van der Waals surface area contributed by atoms with E-state index in [-0.39, 0.29) is 5.97 Å². The maximum absolute atomic E-state index is 12.0. The summed E-state index contributed by atoms with van der Waals surface area (Å²) in [6.07, 6.45) is 0. The van der Waals surface area contributed by atoms with Crippen molar-refractivity contribution in [3.63, 3.8) is 0 Å². The zero-order valence-electron chi connectivity index (χ0n) is 12.1. The van der Waals surface area contributed by atoms with Crippen LogP contribution >= 0.6 is 22.9 Å². The van der Waals surface area contributed by atoms with Crippen molar-refractivity contribution < 1.29 is 9.53 Å². The molecule has 0 aliphatic heterocycles. The number of ether oxygens (including phenoxy) is 1. The van der Waals surface area contributed by atoms with Crippen LogP contribution in [0, 0.1) is 0 Å². The van der Waals surface area contributed by atoms with Gasteiger partial charge in [0.2, 0.25) is 0 Å². The van der Waals surface area contributed by atoms with Gasteiger partial charge in [-0.25, -0.2) is 4.98 Å². The molecule has 2 aromatic rings. The number of benzene rings is 1. The Morgan fingerprint density at radius 2 is 2.14 bits per heavy atom. The molecule has 0 amide bonds. The third kappa shape index (κ3) is 3.54. The highest BCUT2D eigenvalue weighted by molar-refractivity contribution is 7.13. The SMILES string of the molecule is CCOC(=O)C(C)(C)c1csc(Nc2ccccc2Cl)n1. The van der Waals surface area contributed by atoms with Gasteiger partial charge in [-0.15, -0.1) is 11.3 Å². The number of nitrogens with one attached hydrogen (secondary N) is 1. The van der Waals surface area contributed by atoms with Crippen LogP contribution in [-0.4, -0.2) is 17.6 Å². The second-order valence-corrected chi connectivity index (χ2v) is 6.25. The van der Waals surface area contributed by atoms with Crippen LogP contribution in [0.4, 0.5) is 10.8 Å². The highest BCUT2D eigenvalue weighted by Crippen LogP contribution is 2.31. The number of carbonyl (C=O) groups excluding carboxylic acids is 1. The summed E-state index contributed by atoms with van der Waals surface area (Å²) in [7, 11) is 0. The Morgan fingerprint density at radius 1 is 1.43 bits per heavy atom. The second-order valence-electron chi connectivity index (χ2n) is 4.99. The standard InChI is InChI=1S/C15H17ClN2O2S/c1-4-20-13(19)15(2,3)12-9-21-14(18-12)17-11-8-6-5-7-10(11)16/h5-9H,4H2,1-3H3,(H,17,18). The van der Waals surface area contributed by atoms with E-state index in [4.69, 9.17) is 16.3 Å². The van der Waals surface area contributed by atoms with Crippen molar-refractivity contribution in [2.24, 2.45) is 0 Å². The smallest absolute Gasteiger partial charge is 0.317 e. The molecule has 112 valence electrons. The van der Waals surface area contributed by atoms with E-state index >= 15 is 0 Å². The summed E-state index contributed by atoms with van der Waals surface area (Å²) in [5, 5.41) is 6.33. The number of esters is 1. The molecule has 0 saturated carbocycles. The van der Waals surface area contributed by atoms with E-state index in [9.17, 15) is 4.79 Å². The monoisotopic (exact) mass is 324 g/mol. The molecule has 0 fully saturated rings. The highest BCUT2D eigenvalue weighted by Gasteiger charge is 2.33. The second kappa shape index (κ2) is 6.45. The summed E-state index contributed by atoms with van der Waals surface area (Å²) in [6.45, 7) is 5.76. The number of rotatable bonds is 5. The number of halogens is 1. The van der Waals surface area contributed by atoms with Gasteiger partial charge in [-0.05, 0) is 32.9 Å². The molecule has 21 heavy (non-hydrogen) atoms. The minimum absolute atomic E-state index is 0.278. The number of thiazole rings is 1. The summed E-state index contributed by atoms with van der Waals surface area (Å²) in [4.78, 5) is 16.5. The predicted molar refractivity (Wildman–Crippen MR) is 86.5 cm³/mol. The lowest BCUT2D eigenvalue weighted by Gasteiger charge is -2.19. The van der Waals surface area contributed by atoms with Gasteiger partial charge in [0.1, 0.15) is 5.41 Å². The maximum atomic E-state index is 12.0. The first-order chi connectivity index (χ1) is 9.95. The van der Waals surface area contributed by atoms with Gasteiger partial charge in [0.25, 0.3) is 0 Å². The molecule has 0 saturated heterocycles. The average molecular weight is 325 g/mol. The van der Waals surface area contributed by atoms with E-state index in [1.165, 1.54) is 11.3 Å². The molecule has 0 radical (unpaired) electrons. The van der Waals surface area contributed by atoms with Gasteiger partial charge in [-0.2, -0.15) is 0 Å². The normalized spacial score (nSPS) is 11.2. The molecule has 4 nitrogen and oxygen atoms in total. The molecular weight excluding hydrogens is 308 g/mol. The Kier molecular flexibility index (Phi) is 4.85. The number of hydrogen-bond acceptors (Lipinski definition) is 5. The first kappa shape index (κ1) is 15.8. The van der Waals surface area contributed by atoms with Gasteiger partial charge in [-0.3, -0.25) is 4.79 Å². The quantitative estimate of drug-likeness (QED) is 0.829. The molecule has 0 aliphatic rings. The Hall–Kier alpha value is -1.59. The van der Waals surface area contributed by atoms with Gasteiger partial charge in [0.05, 0.1) is 23.0 Å². The van der Waals surface area contributed by atoms with E-state index in [0.717, 1.165) is 5.69 Å². The minimum Gasteiger partial charge on any atom is -0.465 e. The lowest BCUT2D eigenvalue weighted by atomic mass is 9.90. The summed E-state index contributed by atoms with van der Waals surface area (Å²) >= 11 is 7.53. The van der Waals surface area contributed by atoms with Crippen LogP contribution in [0.15, 0.2) is 29.6 Å². The van der Waals surface area contributed by atoms with Gasteiger partial charge in [-0.1, -0.05) is 23.7 Å². The number of para-hydroxylation sites is 1. The van der Waals surface area contributed by atoms with Crippen LogP contribution in [-0.2, 0) is 14.9 Å². The zero-order valence-corrected chi connectivity index (χ0v) is 13.7. The largest absolute Gasteiger partial charge is 0.465 e. The number of aromatic nitrogens is 1. The van der Waals surface area contributed by atoms with E-state index in [0.29, 0.717) is 22.5 Å². The third-order valence-corrected chi connectivity index (χ3v) is 4.13. The molecule has 0 spiro atoms. The van der Waals surface area contributed by atoms with Crippen molar-refractivity contribution in [1.29, 1.82) is 0 Å². The summed E-state index contributed by atoms with van der Waals surface area (Å²) < 4.78 is 5.09. The molecule has 0 bridgehead atoms. The highest BCUT2D eigenvalue weighted by atomic mass is 35.5. The average Bonchev–Trinajstić information content (AvgIpc) is 2.91. The fourth-order valence-electron chi connectivity index (χ4n) is 1.71. The molecule has 0 unspecified atom stereocenters. The Bertz CT molecular complexity index is 640. The van der Waals surface area contributed by atoms with Crippen LogP contribution in [0.1, 0.15) is 26.5 Å². The Labute approximate surface area is 133 Å². The molecule has 6 heteroatoms. The number of nitrogens with zero attached hydrogens (tertiary/aromatic N) is 1. The van der Waals surface area contributed by atoms with Gasteiger partial charge in [0.15, 0.2) is 5.13 Å². The van der Waals surface area contributed by atoms with Crippen molar-refractivity contribution in [2.75, 3.05) is 11.9 Å². The van der Waals surface area contributed by atoms with Crippen molar-refractivity contribution >= 4 is 39.7 Å². The zero-order chi connectivity index (χ0) is 15.5. The molecule has 0 aliphatic carbocycles. The van der Waals surface area contributed by atoms with E-state index in [1.807, 2.05) is 23.6 Å². The number of carbonyl (C=O) groups is 1. The Balaban J connectivity index is 2.18. The third-order valence-electron chi connectivity index (χ3n) is 3.05. The topological polar surface area (TPSA) is 51.2 Å². The van der Waals surface area contributed by atoms with Crippen molar-refractivity contribution in [2.45, 2.75) is 26.2 Å². The lowest BCUT2D eigenvalue weighted by Crippen LogP contribution is -2.31. The summed E-state index contributed by atoms with van der Waals surface area (Å²) in [5.41, 5.74) is 0.696. The first-order valence-electron chi connectivity index (χ1n) is 6.60. The predicted octanol–water partition coefficient (Wildman–Crippen LogP) is 4.38. The van der Waals surface area contributed by atoms with Crippen LogP contribution in [0.5, 0.6) is 0 Å². The van der Waals surface area contributed by atoms with E-state index in [1.54, 1.807) is 26.8 Å². The van der Waals surface area contributed by atoms with E-state index < -0.39 is 5.41 Å².